The lowest BCUT2D eigenvalue weighted by Gasteiger charge is -2.15. The summed E-state index contributed by atoms with van der Waals surface area (Å²) in [6.45, 7) is 1.95. The van der Waals surface area contributed by atoms with Gasteiger partial charge in [-0.25, -0.2) is 0 Å². The van der Waals surface area contributed by atoms with E-state index in [2.05, 4.69) is 19.9 Å². The van der Waals surface area contributed by atoms with Crippen LogP contribution in [0.25, 0.3) is 0 Å². The molecule has 20 heavy (non-hydrogen) atoms. The summed E-state index contributed by atoms with van der Waals surface area (Å²) in [6, 6.07) is 7.57. The molecule has 1 fully saturated rings. The molecule has 0 radical (unpaired) electrons. The van der Waals surface area contributed by atoms with Gasteiger partial charge in [0, 0.05) is 23.0 Å². The van der Waals surface area contributed by atoms with Gasteiger partial charge in [0.2, 0.25) is 11.2 Å². The molecule has 0 bridgehead atoms. The lowest BCUT2D eigenvalue weighted by molar-refractivity contribution is 0.826. The van der Waals surface area contributed by atoms with Crippen molar-refractivity contribution in [3.63, 3.8) is 0 Å². The van der Waals surface area contributed by atoms with E-state index in [-0.39, 0.29) is 5.28 Å². The highest BCUT2D eigenvalue weighted by Crippen LogP contribution is 2.29. The van der Waals surface area contributed by atoms with E-state index in [1.807, 2.05) is 24.3 Å². The summed E-state index contributed by atoms with van der Waals surface area (Å²) >= 11 is 13.4. The number of anilines is 1. The van der Waals surface area contributed by atoms with Gasteiger partial charge in [0.1, 0.15) is 0 Å². The summed E-state index contributed by atoms with van der Waals surface area (Å²) in [7, 11) is 0. The largest absolute Gasteiger partial charge is 0.341 e. The minimum atomic E-state index is 0.228. The number of hydrogen-bond donors (Lipinski definition) is 0. The molecule has 1 saturated heterocycles. The Kier molecular flexibility index (Phi) is 4.29. The second-order valence-corrected chi connectivity index (χ2v) is 6.26. The van der Waals surface area contributed by atoms with Gasteiger partial charge in [0.15, 0.2) is 5.16 Å². The normalized spacial score (nSPS) is 14.8. The molecule has 1 aromatic heterocycles. The minimum Gasteiger partial charge on any atom is -0.341 e. The lowest BCUT2D eigenvalue weighted by Crippen LogP contribution is -2.21. The average molecular weight is 327 g/mol. The molecule has 0 unspecified atom stereocenters. The van der Waals surface area contributed by atoms with Gasteiger partial charge in [-0.3, -0.25) is 0 Å². The quantitative estimate of drug-likeness (QED) is 0.854. The molecule has 0 N–H and O–H groups in total. The summed E-state index contributed by atoms with van der Waals surface area (Å²) in [6.07, 6.45) is 2.33. The highest BCUT2D eigenvalue weighted by atomic mass is 35.5. The van der Waals surface area contributed by atoms with Gasteiger partial charge in [-0.05, 0) is 54.4 Å². The molecule has 4 nitrogen and oxygen atoms in total. The van der Waals surface area contributed by atoms with Crippen LogP contribution in [0.1, 0.15) is 12.8 Å². The van der Waals surface area contributed by atoms with Crippen molar-refractivity contribution in [1.29, 1.82) is 0 Å². The van der Waals surface area contributed by atoms with Crippen molar-refractivity contribution in [3.8, 4) is 0 Å². The molecule has 3 rings (SSSR count). The zero-order chi connectivity index (χ0) is 13.9. The van der Waals surface area contributed by atoms with E-state index >= 15 is 0 Å². The molecule has 2 heterocycles. The summed E-state index contributed by atoms with van der Waals surface area (Å²) in [5.74, 6) is 0.659. The second-order valence-electron chi connectivity index (χ2n) is 4.44. The van der Waals surface area contributed by atoms with Crippen LogP contribution >= 0.6 is 35.0 Å². The zero-order valence-electron chi connectivity index (χ0n) is 10.6. The molecule has 0 aliphatic carbocycles. The van der Waals surface area contributed by atoms with E-state index in [0.29, 0.717) is 16.1 Å². The van der Waals surface area contributed by atoms with Crippen molar-refractivity contribution in [2.75, 3.05) is 18.0 Å². The van der Waals surface area contributed by atoms with Gasteiger partial charge in [-0.2, -0.15) is 15.0 Å². The van der Waals surface area contributed by atoms with Crippen molar-refractivity contribution in [3.05, 3.63) is 34.6 Å². The van der Waals surface area contributed by atoms with Crippen LogP contribution in [0.2, 0.25) is 10.3 Å². The molecule has 7 heteroatoms. The van der Waals surface area contributed by atoms with Crippen LogP contribution in [0.15, 0.2) is 34.3 Å². The highest BCUT2D eigenvalue weighted by molar-refractivity contribution is 7.99. The standard InChI is InChI=1S/C13H12Cl2N4S/c14-9-4-3-5-10(8-9)20-13-17-11(15)16-12(18-13)19-6-1-2-7-19/h3-5,8H,1-2,6-7H2. The molecule has 0 atom stereocenters. The molecule has 1 aromatic carbocycles. The van der Waals surface area contributed by atoms with Crippen molar-refractivity contribution >= 4 is 40.9 Å². The summed E-state index contributed by atoms with van der Waals surface area (Å²) in [5, 5.41) is 1.51. The fourth-order valence-electron chi connectivity index (χ4n) is 2.06. The second kappa shape index (κ2) is 6.16. The lowest BCUT2D eigenvalue weighted by atomic mass is 10.4. The topological polar surface area (TPSA) is 41.9 Å². The average Bonchev–Trinajstić information content (AvgIpc) is 2.91. The number of halogens is 2. The highest BCUT2D eigenvalue weighted by Gasteiger charge is 2.17. The van der Waals surface area contributed by atoms with Crippen LogP contribution < -0.4 is 4.90 Å². The molecule has 104 valence electrons. The van der Waals surface area contributed by atoms with Gasteiger partial charge in [-0.15, -0.1) is 0 Å². The Labute approximate surface area is 131 Å². The predicted molar refractivity (Wildman–Crippen MR) is 81.9 cm³/mol. The Morgan fingerprint density at radius 2 is 1.85 bits per heavy atom. The first-order valence-electron chi connectivity index (χ1n) is 6.31. The maximum Gasteiger partial charge on any atom is 0.230 e. The van der Waals surface area contributed by atoms with Gasteiger partial charge in [0.05, 0.1) is 0 Å². The van der Waals surface area contributed by atoms with E-state index < -0.39 is 0 Å². The molecule has 0 saturated carbocycles. The van der Waals surface area contributed by atoms with Crippen molar-refractivity contribution in [2.45, 2.75) is 22.9 Å². The summed E-state index contributed by atoms with van der Waals surface area (Å²) in [4.78, 5) is 16.0. The maximum absolute atomic E-state index is 6.00. The predicted octanol–water partition coefficient (Wildman–Crippen LogP) is 3.93. The van der Waals surface area contributed by atoms with E-state index in [9.17, 15) is 0 Å². The van der Waals surface area contributed by atoms with Crippen molar-refractivity contribution in [2.24, 2.45) is 0 Å². The van der Waals surface area contributed by atoms with Gasteiger partial charge >= 0.3 is 0 Å². The SMILES string of the molecule is Clc1cccc(Sc2nc(Cl)nc(N3CCCC3)n2)c1. The third-order valence-electron chi connectivity index (χ3n) is 2.97. The van der Waals surface area contributed by atoms with Crippen LogP contribution in [0, 0.1) is 0 Å². The van der Waals surface area contributed by atoms with Crippen LogP contribution in [0.3, 0.4) is 0 Å². The van der Waals surface area contributed by atoms with E-state index in [0.717, 1.165) is 18.0 Å². The molecular weight excluding hydrogens is 315 g/mol. The van der Waals surface area contributed by atoms with Gasteiger partial charge < -0.3 is 4.90 Å². The fraction of sp³-hybridized carbons (Fsp3) is 0.308. The smallest absolute Gasteiger partial charge is 0.230 e. The van der Waals surface area contributed by atoms with Crippen molar-refractivity contribution < 1.29 is 0 Å². The number of benzene rings is 1. The van der Waals surface area contributed by atoms with E-state index in [1.165, 1.54) is 24.6 Å². The Morgan fingerprint density at radius 1 is 1.05 bits per heavy atom. The molecule has 0 spiro atoms. The van der Waals surface area contributed by atoms with Crippen LogP contribution in [-0.2, 0) is 0 Å². The monoisotopic (exact) mass is 326 g/mol. The number of aromatic nitrogens is 3. The first-order chi connectivity index (χ1) is 9.70. The Hall–Kier alpha value is -1.04. The Morgan fingerprint density at radius 3 is 2.60 bits per heavy atom. The van der Waals surface area contributed by atoms with E-state index in [4.69, 9.17) is 23.2 Å². The molecule has 2 aromatic rings. The summed E-state index contributed by atoms with van der Waals surface area (Å²) < 4.78 is 0. The van der Waals surface area contributed by atoms with Gasteiger partial charge in [-0.1, -0.05) is 17.7 Å². The number of rotatable bonds is 3. The molecule has 0 amide bonds. The number of hydrogen-bond acceptors (Lipinski definition) is 5. The third-order valence-corrected chi connectivity index (χ3v) is 4.23. The summed E-state index contributed by atoms with van der Waals surface area (Å²) in [5.41, 5.74) is 0. The van der Waals surface area contributed by atoms with E-state index in [1.54, 1.807) is 0 Å². The fourth-order valence-corrected chi connectivity index (χ4v) is 3.33. The molecule has 1 aliphatic heterocycles. The zero-order valence-corrected chi connectivity index (χ0v) is 12.9. The number of nitrogens with zero attached hydrogens (tertiary/aromatic N) is 4. The Balaban J connectivity index is 1.85. The first-order valence-corrected chi connectivity index (χ1v) is 7.88. The van der Waals surface area contributed by atoms with Crippen LogP contribution in [-0.4, -0.2) is 28.0 Å². The molecule has 1 aliphatic rings. The minimum absolute atomic E-state index is 0.228. The molecular formula is C13H12Cl2N4S. The van der Waals surface area contributed by atoms with Gasteiger partial charge in [0.25, 0.3) is 0 Å². The van der Waals surface area contributed by atoms with Crippen LogP contribution in [0.4, 0.5) is 5.95 Å². The third kappa shape index (κ3) is 3.34. The maximum atomic E-state index is 6.00. The Bertz CT molecular complexity index is 617. The first kappa shape index (κ1) is 13.9. The van der Waals surface area contributed by atoms with Crippen molar-refractivity contribution in [1.82, 2.24) is 15.0 Å². The van der Waals surface area contributed by atoms with Crippen LogP contribution in [0.5, 0.6) is 0 Å².